The second-order valence-electron chi connectivity index (χ2n) is 5.22. The van der Waals surface area contributed by atoms with Crippen LogP contribution in [0.1, 0.15) is 26.7 Å². The molecule has 0 aromatic heterocycles. The van der Waals surface area contributed by atoms with E-state index in [0.717, 1.165) is 12.8 Å². The summed E-state index contributed by atoms with van der Waals surface area (Å²) in [7, 11) is 0. The Kier molecular flexibility index (Phi) is 1.75. The lowest BCUT2D eigenvalue weighted by atomic mass is 10.00. The summed E-state index contributed by atoms with van der Waals surface area (Å²) in [5.74, 6) is -0.202. The molecule has 15 heavy (non-hydrogen) atoms. The van der Waals surface area contributed by atoms with E-state index >= 15 is 0 Å². The van der Waals surface area contributed by atoms with Crippen LogP contribution in [-0.4, -0.2) is 31.1 Å². The van der Waals surface area contributed by atoms with Crippen molar-refractivity contribution in [1.29, 1.82) is 0 Å². The van der Waals surface area contributed by atoms with Crippen LogP contribution in [0.5, 0.6) is 0 Å². The molecule has 1 aliphatic carbocycles. The van der Waals surface area contributed by atoms with Crippen molar-refractivity contribution in [3.63, 3.8) is 0 Å². The van der Waals surface area contributed by atoms with Gasteiger partial charge in [-0.25, -0.2) is 0 Å². The van der Waals surface area contributed by atoms with Crippen LogP contribution in [-0.2, 0) is 19.0 Å². The molecule has 3 fully saturated rings. The number of ether oxygens (including phenoxy) is 3. The van der Waals surface area contributed by atoms with E-state index in [4.69, 9.17) is 14.2 Å². The van der Waals surface area contributed by atoms with Crippen LogP contribution >= 0.6 is 0 Å². The summed E-state index contributed by atoms with van der Waals surface area (Å²) in [6, 6.07) is 0. The zero-order valence-corrected chi connectivity index (χ0v) is 9.12. The zero-order chi connectivity index (χ0) is 10.7. The summed E-state index contributed by atoms with van der Waals surface area (Å²) in [5, 5.41) is 0. The van der Waals surface area contributed by atoms with Crippen LogP contribution in [0.4, 0.5) is 0 Å². The number of rotatable bonds is 1. The van der Waals surface area contributed by atoms with Gasteiger partial charge in [0.1, 0.15) is 0 Å². The number of cyclic esters (lactones) is 1. The van der Waals surface area contributed by atoms with Gasteiger partial charge in [-0.3, -0.25) is 4.79 Å². The SMILES string of the molecule is CC1(C)OC[C@H]([C@@H]2C[C@@]23CCOC3=O)O1. The summed E-state index contributed by atoms with van der Waals surface area (Å²) in [6.45, 7) is 5.00. The van der Waals surface area contributed by atoms with Gasteiger partial charge in [0, 0.05) is 5.92 Å². The molecule has 2 saturated heterocycles. The summed E-state index contributed by atoms with van der Waals surface area (Å²) < 4.78 is 16.3. The number of hydrogen-bond donors (Lipinski definition) is 0. The Morgan fingerprint density at radius 2 is 2.20 bits per heavy atom. The fourth-order valence-electron chi connectivity index (χ4n) is 2.83. The van der Waals surface area contributed by atoms with Crippen LogP contribution in [0.25, 0.3) is 0 Å². The Hall–Kier alpha value is -0.610. The molecule has 2 heterocycles. The van der Waals surface area contributed by atoms with E-state index in [9.17, 15) is 4.79 Å². The van der Waals surface area contributed by atoms with Crippen LogP contribution < -0.4 is 0 Å². The number of hydrogen-bond acceptors (Lipinski definition) is 4. The molecule has 3 rings (SSSR count). The smallest absolute Gasteiger partial charge is 0.312 e. The molecule has 4 nitrogen and oxygen atoms in total. The van der Waals surface area contributed by atoms with E-state index in [1.54, 1.807) is 0 Å². The van der Waals surface area contributed by atoms with Crippen molar-refractivity contribution in [1.82, 2.24) is 0 Å². The minimum absolute atomic E-state index is 0.0270. The maximum absolute atomic E-state index is 11.6. The first kappa shape index (κ1) is 9.60. The highest BCUT2D eigenvalue weighted by molar-refractivity contribution is 5.82. The van der Waals surface area contributed by atoms with Gasteiger partial charge in [0.15, 0.2) is 5.79 Å². The zero-order valence-electron chi connectivity index (χ0n) is 9.12. The monoisotopic (exact) mass is 212 g/mol. The van der Waals surface area contributed by atoms with Gasteiger partial charge in [-0.2, -0.15) is 0 Å². The molecule has 3 atom stereocenters. The fourth-order valence-corrected chi connectivity index (χ4v) is 2.83. The quantitative estimate of drug-likeness (QED) is 0.610. The topological polar surface area (TPSA) is 44.8 Å². The van der Waals surface area contributed by atoms with Gasteiger partial charge >= 0.3 is 5.97 Å². The second-order valence-corrected chi connectivity index (χ2v) is 5.22. The molecule has 0 amide bonds. The molecule has 0 N–H and O–H groups in total. The number of carbonyl (C=O) groups is 1. The molecule has 0 unspecified atom stereocenters. The third-order valence-corrected chi connectivity index (χ3v) is 3.80. The molecule has 1 spiro atoms. The minimum atomic E-state index is -0.489. The van der Waals surface area contributed by atoms with Crippen molar-refractivity contribution in [3.05, 3.63) is 0 Å². The normalized spacial score (nSPS) is 47.2. The third kappa shape index (κ3) is 1.31. The second kappa shape index (κ2) is 2.74. The van der Waals surface area contributed by atoms with Crippen molar-refractivity contribution in [2.45, 2.75) is 38.6 Å². The Bertz CT molecular complexity index is 312. The molecule has 0 radical (unpaired) electrons. The van der Waals surface area contributed by atoms with Crippen molar-refractivity contribution < 1.29 is 19.0 Å². The molecular formula is C11H16O4. The predicted molar refractivity (Wildman–Crippen MR) is 51.0 cm³/mol. The van der Waals surface area contributed by atoms with Crippen molar-refractivity contribution in [2.75, 3.05) is 13.2 Å². The molecule has 84 valence electrons. The minimum Gasteiger partial charge on any atom is -0.465 e. The molecular weight excluding hydrogens is 196 g/mol. The molecule has 0 bridgehead atoms. The van der Waals surface area contributed by atoms with Crippen molar-refractivity contribution in [2.24, 2.45) is 11.3 Å². The summed E-state index contributed by atoms with van der Waals surface area (Å²) in [4.78, 5) is 11.6. The number of carbonyl (C=O) groups excluding carboxylic acids is 1. The molecule has 3 aliphatic rings. The summed E-state index contributed by atoms with van der Waals surface area (Å²) in [6.07, 6.45) is 1.85. The maximum Gasteiger partial charge on any atom is 0.312 e. The van der Waals surface area contributed by atoms with E-state index in [1.165, 1.54) is 0 Å². The maximum atomic E-state index is 11.6. The van der Waals surface area contributed by atoms with Crippen molar-refractivity contribution in [3.8, 4) is 0 Å². The molecule has 0 aromatic rings. The van der Waals surface area contributed by atoms with Crippen LogP contribution in [0.2, 0.25) is 0 Å². The van der Waals surface area contributed by atoms with E-state index in [-0.39, 0.29) is 17.5 Å². The highest BCUT2D eigenvalue weighted by atomic mass is 16.7. The molecule has 0 aromatic carbocycles. The van der Waals surface area contributed by atoms with Gasteiger partial charge in [0.05, 0.1) is 24.7 Å². The highest BCUT2D eigenvalue weighted by Gasteiger charge is 2.67. The van der Waals surface area contributed by atoms with Crippen LogP contribution in [0.15, 0.2) is 0 Å². The number of esters is 1. The van der Waals surface area contributed by atoms with Gasteiger partial charge < -0.3 is 14.2 Å². The predicted octanol–water partition coefficient (Wildman–Crippen LogP) is 1.09. The average molecular weight is 212 g/mol. The Morgan fingerprint density at radius 3 is 2.73 bits per heavy atom. The first-order chi connectivity index (χ1) is 7.04. The molecule has 2 aliphatic heterocycles. The van der Waals surface area contributed by atoms with Gasteiger partial charge in [0.25, 0.3) is 0 Å². The van der Waals surface area contributed by atoms with Gasteiger partial charge in [-0.1, -0.05) is 0 Å². The van der Waals surface area contributed by atoms with E-state index < -0.39 is 5.79 Å². The van der Waals surface area contributed by atoms with E-state index in [0.29, 0.717) is 19.1 Å². The lowest BCUT2D eigenvalue weighted by Gasteiger charge is -2.17. The Labute approximate surface area is 88.9 Å². The lowest BCUT2D eigenvalue weighted by molar-refractivity contribution is -0.148. The van der Waals surface area contributed by atoms with Gasteiger partial charge in [-0.05, 0) is 26.7 Å². The van der Waals surface area contributed by atoms with Crippen LogP contribution in [0, 0.1) is 11.3 Å². The fraction of sp³-hybridized carbons (Fsp3) is 0.909. The Morgan fingerprint density at radius 1 is 1.40 bits per heavy atom. The van der Waals surface area contributed by atoms with Crippen molar-refractivity contribution >= 4 is 5.97 Å². The van der Waals surface area contributed by atoms with Crippen LogP contribution in [0.3, 0.4) is 0 Å². The summed E-state index contributed by atoms with van der Waals surface area (Å²) in [5.41, 5.74) is -0.214. The standard InChI is InChI=1S/C11H16O4/c1-10(2)14-6-8(15-10)7-5-11(7)3-4-13-9(11)12/h7-8H,3-6H2,1-2H3/t7-,8+,11-/m0/s1. The third-order valence-electron chi connectivity index (χ3n) is 3.80. The van der Waals surface area contributed by atoms with E-state index in [1.807, 2.05) is 13.8 Å². The van der Waals surface area contributed by atoms with Gasteiger partial charge in [-0.15, -0.1) is 0 Å². The molecule has 1 saturated carbocycles. The highest BCUT2D eigenvalue weighted by Crippen LogP contribution is 2.61. The lowest BCUT2D eigenvalue weighted by Crippen LogP contribution is -2.25. The Balaban J connectivity index is 1.70. The first-order valence-corrected chi connectivity index (χ1v) is 5.53. The van der Waals surface area contributed by atoms with E-state index in [2.05, 4.69) is 0 Å². The average Bonchev–Trinajstić information content (AvgIpc) is 2.61. The summed E-state index contributed by atoms with van der Waals surface area (Å²) >= 11 is 0. The van der Waals surface area contributed by atoms with Gasteiger partial charge in [0.2, 0.25) is 0 Å². The largest absolute Gasteiger partial charge is 0.465 e. The first-order valence-electron chi connectivity index (χ1n) is 5.53. The molecule has 4 heteroatoms.